The lowest BCUT2D eigenvalue weighted by Gasteiger charge is -2.18. The molecule has 3 nitrogen and oxygen atoms in total. The smallest absolute Gasteiger partial charge is 0.261 e. The molecule has 0 aliphatic rings. The lowest BCUT2D eigenvalue weighted by Crippen LogP contribution is -2.15. The van der Waals surface area contributed by atoms with E-state index in [9.17, 15) is 0 Å². The molecular weight excluding hydrogens is 330 g/mol. The summed E-state index contributed by atoms with van der Waals surface area (Å²) in [6.45, 7) is 11.4. The Morgan fingerprint density at radius 3 is 2.44 bits per heavy atom. The Hall–Kier alpha value is -2.07. The normalized spacial score (nSPS) is 10.4. The summed E-state index contributed by atoms with van der Waals surface area (Å²) < 4.78 is 11.5. The van der Waals surface area contributed by atoms with Gasteiger partial charge in [0.2, 0.25) is 0 Å². The zero-order valence-corrected chi connectivity index (χ0v) is 16.5. The molecule has 0 spiro atoms. The lowest BCUT2D eigenvalue weighted by atomic mass is 10.0. The minimum Gasteiger partial charge on any atom is -0.489 e. The van der Waals surface area contributed by atoms with Crippen molar-refractivity contribution in [1.29, 1.82) is 0 Å². The van der Waals surface area contributed by atoms with Crippen LogP contribution >= 0.6 is 12.2 Å². The van der Waals surface area contributed by atoms with E-state index in [4.69, 9.17) is 21.7 Å². The predicted octanol–water partition coefficient (Wildman–Crippen LogP) is 5.49. The standard InChI is InChI=1S/C21H27NO2S/c1-6-17-9-8-10-19(22-21(25)23-7-2)18(17)13-24-20-12-15(4)14(3)11-16(20)5/h8-12H,6-7,13H2,1-5H3,(H,22,25). The molecule has 2 aromatic carbocycles. The first-order chi connectivity index (χ1) is 12.0. The highest BCUT2D eigenvalue weighted by Gasteiger charge is 2.11. The van der Waals surface area contributed by atoms with Crippen LogP contribution in [0.1, 0.15) is 41.7 Å². The van der Waals surface area contributed by atoms with Crippen LogP contribution < -0.4 is 10.1 Å². The van der Waals surface area contributed by atoms with Crippen molar-refractivity contribution in [2.45, 2.75) is 47.6 Å². The first kappa shape index (κ1) is 19.3. The molecule has 0 aliphatic carbocycles. The molecular formula is C21H27NO2S. The summed E-state index contributed by atoms with van der Waals surface area (Å²) in [6.07, 6.45) is 0.932. The van der Waals surface area contributed by atoms with Gasteiger partial charge >= 0.3 is 0 Å². The molecule has 4 heteroatoms. The van der Waals surface area contributed by atoms with Gasteiger partial charge in [0.1, 0.15) is 12.4 Å². The van der Waals surface area contributed by atoms with Crippen molar-refractivity contribution in [3.8, 4) is 5.75 Å². The van der Waals surface area contributed by atoms with Crippen LogP contribution in [0, 0.1) is 20.8 Å². The van der Waals surface area contributed by atoms with Crippen molar-refractivity contribution in [2.75, 3.05) is 11.9 Å². The average molecular weight is 358 g/mol. The molecule has 0 aliphatic heterocycles. The minimum absolute atomic E-state index is 0.388. The van der Waals surface area contributed by atoms with Crippen molar-refractivity contribution in [1.82, 2.24) is 0 Å². The van der Waals surface area contributed by atoms with Crippen molar-refractivity contribution in [3.05, 3.63) is 58.1 Å². The maximum Gasteiger partial charge on any atom is 0.261 e. The Morgan fingerprint density at radius 2 is 1.76 bits per heavy atom. The molecule has 0 bridgehead atoms. The van der Waals surface area contributed by atoms with E-state index < -0.39 is 0 Å². The van der Waals surface area contributed by atoms with Crippen LogP contribution in [-0.4, -0.2) is 11.8 Å². The van der Waals surface area contributed by atoms with Gasteiger partial charge in [0.05, 0.1) is 6.61 Å². The number of nitrogens with one attached hydrogen (secondary N) is 1. The second kappa shape index (κ2) is 8.86. The molecule has 0 saturated carbocycles. The fourth-order valence-corrected chi connectivity index (χ4v) is 3.00. The van der Waals surface area contributed by atoms with Crippen LogP contribution in [0.3, 0.4) is 0 Å². The Bertz CT molecular complexity index is 756. The summed E-state index contributed by atoms with van der Waals surface area (Å²) >= 11 is 5.23. The van der Waals surface area contributed by atoms with Gasteiger partial charge < -0.3 is 14.8 Å². The molecule has 0 radical (unpaired) electrons. The van der Waals surface area contributed by atoms with Crippen molar-refractivity contribution in [2.24, 2.45) is 0 Å². The lowest BCUT2D eigenvalue weighted by molar-refractivity contribution is 0.303. The number of benzene rings is 2. The van der Waals surface area contributed by atoms with E-state index in [2.05, 4.69) is 51.2 Å². The van der Waals surface area contributed by atoms with Gasteiger partial charge in [-0.3, -0.25) is 0 Å². The van der Waals surface area contributed by atoms with Gasteiger partial charge in [0.15, 0.2) is 0 Å². The van der Waals surface area contributed by atoms with E-state index in [1.807, 2.05) is 19.1 Å². The van der Waals surface area contributed by atoms with Gasteiger partial charge in [-0.15, -0.1) is 0 Å². The summed E-state index contributed by atoms with van der Waals surface area (Å²) in [5.74, 6) is 0.923. The number of ether oxygens (including phenoxy) is 2. The van der Waals surface area contributed by atoms with Crippen LogP contribution in [0.2, 0.25) is 0 Å². The van der Waals surface area contributed by atoms with Gasteiger partial charge in [0, 0.05) is 11.3 Å². The van der Waals surface area contributed by atoms with E-state index >= 15 is 0 Å². The third-order valence-electron chi connectivity index (χ3n) is 4.33. The summed E-state index contributed by atoms with van der Waals surface area (Å²) in [4.78, 5) is 0. The highest BCUT2D eigenvalue weighted by molar-refractivity contribution is 7.80. The van der Waals surface area contributed by atoms with Gasteiger partial charge in [-0.25, -0.2) is 0 Å². The fraction of sp³-hybridized carbons (Fsp3) is 0.381. The average Bonchev–Trinajstić information content (AvgIpc) is 2.57. The second-order valence-electron chi connectivity index (χ2n) is 6.13. The molecule has 134 valence electrons. The zero-order valence-electron chi connectivity index (χ0n) is 15.7. The Kier molecular flexibility index (Phi) is 6.82. The van der Waals surface area contributed by atoms with Crippen LogP contribution in [0.15, 0.2) is 30.3 Å². The molecule has 0 fully saturated rings. The molecule has 25 heavy (non-hydrogen) atoms. The third kappa shape index (κ3) is 4.95. The Balaban J connectivity index is 2.25. The first-order valence-corrected chi connectivity index (χ1v) is 9.12. The minimum atomic E-state index is 0.388. The Labute approximate surface area is 156 Å². The molecule has 0 aromatic heterocycles. The largest absolute Gasteiger partial charge is 0.489 e. The van der Waals surface area contributed by atoms with Crippen LogP contribution in [0.5, 0.6) is 5.75 Å². The van der Waals surface area contributed by atoms with E-state index in [1.54, 1.807) is 0 Å². The molecule has 0 saturated heterocycles. The molecule has 2 aromatic rings. The number of anilines is 1. The van der Waals surface area contributed by atoms with Gasteiger partial charge in [-0.1, -0.05) is 25.1 Å². The van der Waals surface area contributed by atoms with E-state index in [0.717, 1.165) is 29.0 Å². The fourth-order valence-electron chi connectivity index (χ4n) is 2.77. The maximum absolute atomic E-state index is 6.16. The van der Waals surface area contributed by atoms with Gasteiger partial charge in [-0.05, 0) is 80.7 Å². The molecule has 1 N–H and O–H groups in total. The molecule has 0 unspecified atom stereocenters. The number of hydrogen-bond donors (Lipinski definition) is 1. The molecule has 0 heterocycles. The summed E-state index contributed by atoms with van der Waals surface area (Å²) in [5.41, 5.74) is 6.97. The van der Waals surface area contributed by atoms with Crippen molar-refractivity contribution >= 4 is 23.1 Å². The molecule has 0 amide bonds. The third-order valence-corrected chi connectivity index (χ3v) is 4.55. The monoisotopic (exact) mass is 357 g/mol. The van der Waals surface area contributed by atoms with Crippen LogP contribution in [-0.2, 0) is 17.8 Å². The zero-order chi connectivity index (χ0) is 18.4. The van der Waals surface area contributed by atoms with Crippen LogP contribution in [0.25, 0.3) is 0 Å². The van der Waals surface area contributed by atoms with Crippen molar-refractivity contribution < 1.29 is 9.47 Å². The number of thiocarbonyl (C=S) groups is 1. The molecule has 0 atom stereocenters. The first-order valence-electron chi connectivity index (χ1n) is 8.71. The summed E-state index contributed by atoms with van der Waals surface area (Å²) in [7, 11) is 0. The van der Waals surface area contributed by atoms with Gasteiger partial charge in [-0.2, -0.15) is 0 Å². The predicted molar refractivity (Wildman–Crippen MR) is 109 cm³/mol. The number of hydrogen-bond acceptors (Lipinski definition) is 3. The number of aryl methyl sites for hydroxylation is 4. The summed E-state index contributed by atoms with van der Waals surface area (Å²) in [5, 5.41) is 3.58. The highest BCUT2D eigenvalue weighted by Crippen LogP contribution is 2.27. The van der Waals surface area contributed by atoms with E-state index in [0.29, 0.717) is 18.4 Å². The van der Waals surface area contributed by atoms with Crippen molar-refractivity contribution in [3.63, 3.8) is 0 Å². The van der Waals surface area contributed by atoms with Gasteiger partial charge in [0.25, 0.3) is 5.17 Å². The maximum atomic E-state index is 6.16. The quantitative estimate of drug-likeness (QED) is 0.693. The topological polar surface area (TPSA) is 30.5 Å². The summed E-state index contributed by atoms with van der Waals surface area (Å²) in [6, 6.07) is 10.4. The number of rotatable bonds is 6. The van der Waals surface area contributed by atoms with E-state index in [-0.39, 0.29) is 0 Å². The second-order valence-corrected chi connectivity index (χ2v) is 6.50. The van der Waals surface area contributed by atoms with E-state index in [1.165, 1.54) is 16.7 Å². The SMILES string of the molecule is CCOC(=S)Nc1cccc(CC)c1COc1cc(C)c(C)cc1C. The molecule has 2 rings (SSSR count). The Morgan fingerprint density at radius 1 is 1.04 bits per heavy atom. The highest BCUT2D eigenvalue weighted by atomic mass is 32.1. The van der Waals surface area contributed by atoms with Crippen LogP contribution in [0.4, 0.5) is 5.69 Å².